The average Bonchev–Trinajstić information content (AvgIpc) is 2.46. The molecule has 0 aliphatic carbocycles. The summed E-state index contributed by atoms with van der Waals surface area (Å²) in [5.74, 6) is 0. The predicted octanol–water partition coefficient (Wildman–Crippen LogP) is 3.71. The molecule has 2 heteroatoms. The average molecular weight is 266 g/mol. The highest BCUT2D eigenvalue weighted by atomic mass is 15.1. The van der Waals surface area contributed by atoms with Crippen LogP contribution in [0.5, 0.6) is 0 Å². The number of rotatable bonds is 2. The minimum absolute atomic E-state index is 0.181. The van der Waals surface area contributed by atoms with Gasteiger partial charge in [0.15, 0.2) is 0 Å². The van der Waals surface area contributed by atoms with Crippen molar-refractivity contribution >= 4 is 5.69 Å². The van der Waals surface area contributed by atoms with Crippen molar-refractivity contribution in [1.29, 1.82) is 0 Å². The zero-order valence-corrected chi connectivity index (χ0v) is 12.3. The number of aryl methyl sites for hydroxylation is 2. The number of para-hydroxylation sites is 1. The van der Waals surface area contributed by atoms with Crippen molar-refractivity contribution in [1.82, 2.24) is 0 Å². The van der Waals surface area contributed by atoms with Crippen molar-refractivity contribution < 1.29 is 0 Å². The largest absolute Gasteiger partial charge is 0.367 e. The number of hydrogen-bond acceptors (Lipinski definition) is 2. The van der Waals surface area contributed by atoms with E-state index in [9.17, 15) is 0 Å². The molecule has 1 aliphatic rings. The van der Waals surface area contributed by atoms with Gasteiger partial charge in [-0.05, 0) is 48.6 Å². The molecule has 2 aromatic carbocycles. The van der Waals surface area contributed by atoms with Crippen LogP contribution in [0.25, 0.3) is 0 Å². The molecule has 20 heavy (non-hydrogen) atoms. The smallest absolute Gasteiger partial charge is 0.0434 e. The highest BCUT2D eigenvalue weighted by molar-refractivity contribution is 5.57. The van der Waals surface area contributed by atoms with Gasteiger partial charge in [0.2, 0.25) is 0 Å². The van der Waals surface area contributed by atoms with Crippen LogP contribution in [0.15, 0.2) is 42.5 Å². The van der Waals surface area contributed by atoms with Crippen molar-refractivity contribution in [2.24, 2.45) is 5.73 Å². The van der Waals surface area contributed by atoms with Crippen LogP contribution in [-0.2, 0) is 6.54 Å². The summed E-state index contributed by atoms with van der Waals surface area (Å²) in [4.78, 5) is 2.47. The van der Waals surface area contributed by atoms with Crippen molar-refractivity contribution in [3.05, 3.63) is 64.7 Å². The van der Waals surface area contributed by atoms with E-state index >= 15 is 0 Å². The molecule has 2 nitrogen and oxygen atoms in total. The first-order valence-electron chi connectivity index (χ1n) is 7.31. The van der Waals surface area contributed by atoms with E-state index < -0.39 is 0 Å². The van der Waals surface area contributed by atoms with Gasteiger partial charge >= 0.3 is 0 Å². The molecule has 0 radical (unpaired) electrons. The molecule has 0 fully saturated rings. The Bertz CT molecular complexity index is 598. The molecule has 0 bridgehead atoms. The summed E-state index contributed by atoms with van der Waals surface area (Å²) >= 11 is 0. The molecule has 1 aliphatic heterocycles. The quantitative estimate of drug-likeness (QED) is 0.897. The fourth-order valence-electron chi connectivity index (χ4n) is 3.11. The van der Waals surface area contributed by atoms with Crippen LogP contribution in [0.2, 0.25) is 0 Å². The van der Waals surface area contributed by atoms with Gasteiger partial charge in [-0.1, -0.05) is 36.4 Å². The van der Waals surface area contributed by atoms with Gasteiger partial charge in [0, 0.05) is 24.8 Å². The highest BCUT2D eigenvalue weighted by Crippen LogP contribution is 2.33. The highest BCUT2D eigenvalue weighted by Gasteiger charge is 2.22. The van der Waals surface area contributed by atoms with Crippen LogP contribution in [0.3, 0.4) is 0 Å². The Labute approximate surface area is 121 Å². The molecule has 0 amide bonds. The van der Waals surface area contributed by atoms with Gasteiger partial charge in [0.25, 0.3) is 0 Å². The standard InChI is InChI=1S/C18H22N2/c1-13-6-5-7-14(2)16(13)12-20-11-10-17(19)15-8-3-4-9-18(15)20/h3-9,17H,10-12,19H2,1-2H3. The molecule has 1 atom stereocenters. The second kappa shape index (κ2) is 5.29. The monoisotopic (exact) mass is 266 g/mol. The van der Waals surface area contributed by atoms with Crippen LogP contribution in [-0.4, -0.2) is 6.54 Å². The minimum Gasteiger partial charge on any atom is -0.367 e. The van der Waals surface area contributed by atoms with Gasteiger partial charge in [0.05, 0.1) is 0 Å². The number of fused-ring (bicyclic) bond motifs is 1. The minimum atomic E-state index is 0.181. The summed E-state index contributed by atoms with van der Waals surface area (Å²) in [6.07, 6.45) is 1.03. The molecule has 2 aromatic rings. The number of benzene rings is 2. The summed E-state index contributed by atoms with van der Waals surface area (Å²) in [6, 6.07) is 15.3. The maximum absolute atomic E-state index is 6.24. The van der Waals surface area contributed by atoms with Crippen LogP contribution < -0.4 is 10.6 Å². The van der Waals surface area contributed by atoms with Crippen LogP contribution in [0.1, 0.15) is 34.7 Å². The van der Waals surface area contributed by atoms with Crippen LogP contribution in [0.4, 0.5) is 5.69 Å². The Balaban J connectivity index is 1.95. The molecule has 0 saturated carbocycles. The molecular formula is C18H22N2. The Morgan fingerprint density at radius 3 is 2.50 bits per heavy atom. The molecule has 104 valence electrons. The molecular weight excluding hydrogens is 244 g/mol. The predicted molar refractivity (Wildman–Crippen MR) is 85.0 cm³/mol. The van der Waals surface area contributed by atoms with E-state index in [4.69, 9.17) is 5.73 Å². The third-order valence-corrected chi connectivity index (χ3v) is 4.38. The summed E-state index contributed by atoms with van der Waals surface area (Å²) in [5, 5.41) is 0. The maximum atomic E-state index is 6.24. The van der Waals surface area contributed by atoms with E-state index in [0.717, 1.165) is 19.5 Å². The Kier molecular flexibility index (Phi) is 3.49. The van der Waals surface area contributed by atoms with E-state index in [1.807, 2.05) is 0 Å². The molecule has 0 aromatic heterocycles. The van der Waals surface area contributed by atoms with Gasteiger partial charge in [-0.2, -0.15) is 0 Å². The van der Waals surface area contributed by atoms with E-state index in [-0.39, 0.29) is 6.04 Å². The molecule has 0 spiro atoms. The first kappa shape index (κ1) is 13.2. The first-order valence-corrected chi connectivity index (χ1v) is 7.31. The molecule has 1 unspecified atom stereocenters. The van der Waals surface area contributed by atoms with Crippen molar-refractivity contribution in [2.75, 3.05) is 11.4 Å². The first-order chi connectivity index (χ1) is 9.66. The van der Waals surface area contributed by atoms with Crippen LogP contribution in [0, 0.1) is 13.8 Å². The number of anilines is 1. The van der Waals surface area contributed by atoms with Gasteiger partial charge in [-0.25, -0.2) is 0 Å². The zero-order valence-electron chi connectivity index (χ0n) is 12.3. The Morgan fingerprint density at radius 2 is 1.75 bits per heavy atom. The van der Waals surface area contributed by atoms with E-state index in [2.05, 4.69) is 61.2 Å². The Morgan fingerprint density at radius 1 is 1.05 bits per heavy atom. The Hall–Kier alpha value is -1.80. The SMILES string of the molecule is Cc1cccc(C)c1CN1CCC(N)c2ccccc21. The van der Waals surface area contributed by atoms with Crippen molar-refractivity contribution in [2.45, 2.75) is 32.9 Å². The van der Waals surface area contributed by atoms with Crippen LogP contribution >= 0.6 is 0 Å². The fraction of sp³-hybridized carbons (Fsp3) is 0.333. The molecule has 2 N–H and O–H groups in total. The summed E-state index contributed by atoms with van der Waals surface area (Å²) in [6.45, 7) is 6.40. The third-order valence-electron chi connectivity index (χ3n) is 4.38. The third kappa shape index (κ3) is 2.32. The van der Waals surface area contributed by atoms with E-state index in [0.29, 0.717) is 0 Å². The molecule has 0 saturated heterocycles. The summed E-state index contributed by atoms with van der Waals surface area (Å²) < 4.78 is 0. The fourth-order valence-corrected chi connectivity index (χ4v) is 3.11. The van der Waals surface area contributed by atoms with Gasteiger partial charge < -0.3 is 10.6 Å². The van der Waals surface area contributed by atoms with Gasteiger partial charge in [0.1, 0.15) is 0 Å². The number of hydrogen-bond donors (Lipinski definition) is 1. The lowest BCUT2D eigenvalue weighted by atomic mass is 9.95. The normalized spacial score (nSPS) is 17.9. The van der Waals surface area contributed by atoms with Crippen molar-refractivity contribution in [3.63, 3.8) is 0 Å². The summed E-state index contributed by atoms with van der Waals surface area (Å²) in [5.41, 5.74) is 13.0. The second-order valence-corrected chi connectivity index (χ2v) is 5.75. The maximum Gasteiger partial charge on any atom is 0.0434 e. The van der Waals surface area contributed by atoms with Gasteiger partial charge in [-0.3, -0.25) is 0 Å². The number of nitrogens with two attached hydrogens (primary N) is 1. The summed E-state index contributed by atoms with van der Waals surface area (Å²) in [7, 11) is 0. The lowest BCUT2D eigenvalue weighted by Crippen LogP contribution is -2.33. The molecule has 3 rings (SSSR count). The second-order valence-electron chi connectivity index (χ2n) is 5.75. The van der Waals surface area contributed by atoms with Crippen molar-refractivity contribution in [3.8, 4) is 0 Å². The van der Waals surface area contributed by atoms with E-state index in [1.54, 1.807) is 0 Å². The lowest BCUT2D eigenvalue weighted by Gasteiger charge is -2.35. The number of nitrogens with zero attached hydrogens (tertiary/aromatic N) is 1. The molecule has 1 heterocycles. The zero-order chi connectivity index (χ0) is 14.1. The topological polar surface area (TPSA) is 29.3 Å². The lowest BCUT2D eigenvalue weighted by molar-refractivity contribution is 0.589. The van der Waals surface area contributed by atoms with E-state index in [1.165, 1.54) is 27.9 Å². The van der Waals surface area contributed by atoms with Gasteiger partial charge in [-0.15, -0.1) is 0 Å².